The highest BCUT2D eigenvalue weighted by Crippen LogP contribution is 2.16. The number of anilines is 1. The van der Waals surface area contributed by atoms with Gasteiger partial charge in [-0.05, 0) is 54.3 Å². The highest BCUT2D eigenvalue weighted by atomic mass is 16.5. The molecule has 140 valence electrons. The van der Waals surface area contributed by atoms with E-state index in [9.17, 15) is 4.79 Å². The van der Waals surface area contributed by atoms with Crippen molar-refractivity contribution in [2.45, 2.75) is 26.8 Å². The van der Waals surface area contributed by atoms with E-state index >= 15 is 0 Å². The predicted octanol–water partition coefficient (Wildman–Crippen LogP) is 3.85. The highest BCUT2D eigenvalue weighted by Gasteiger charge is 2.03. The van der Waals surface area contributed by atoms with E-state index in [1.807, 2.05) is 48.5 Å². The molecule has 2 N–H and O–H groups in total. The van der Waals surface area contributed by atoms with Gasteiger partial charge in [0.05, 0.1) is 20.3 Å². The van der Waals surface area contributed by atoms with Crippen molar-refractivity contribution < 1.29 is 14.3 Å². The Morgan fingerprint density at radius 3 is 2.27 bits per heavy atom. The van der Waals surface area contributed by atoms with E-state index in [0.717, 1.165) is 35.8 Å². The quantitative estimate of drug-likeness (QED) is 0.679. The molecule has 0 bridgehead atoms. The first kappa shape index (κ1) is 19.6. The Bertz CT molecular complexity index is 667. The summed E-state index contributed by atoms with van der Waals surface area (Å²) in [5.41, 5.74) is 1.92. The number of carbonyl (C=O) groups is 1. The van der Waals surface area contributed by atoms with Crippen LogP contribution in [0.1, 0.15) is 25.8 Å². The zero-order valence-corrected chi connectivity index (χ0v) is 15.7. The van der Waals surface area contributed by atoms with Crippen LogP contribution in [0.4, 0.5) is 5.69 Å². The highest BCUT2D eigenvalue weighted by molar-refractivity contribution is 5.80. The number of benzene rings is 2. The van der Waals surface area contributed by atoms with Gasteiger partial charge < -0.3 is 20.1 Å². The van der Waals surface area contributed by atoms with Gasteiger partial charge in [-0.2, -0.15) is 0 Å². The second kappa shape index (κ2) is 10.3. The van der Waals surface area contributed by atoms with Gasteiger partial charge in [-0.1, -0.05) is 26.0 Å². The van der Waals surface area contributed by atoms with E-state index in [1.54, 1.807) is 7.11 Å². The van der Waals surface area contributed by atoms with Crippen LogP contribution in [0.3, 0.4) is 0 Å². The number of amides is 1. The van der Waals surface area contributed by atoms with Crippen molar-refractivity contribution >= 4 is 11.6 Å². The van der Waals surface area contributed by atoms with E-state index in [1.165, 1.54) is 0 Å². The summed E-state index contributed by atoms with van der Waals surface area (Å²) in [5, 5.41) is 6.00. The first-order valence-corrected chi connectivity index (χ1v) is 8.93. The summed E-state index contributed by atoms with van der Waals surface area (Å²) in [6, 6.07) is 15.3. The zero-order chi connectivity index (χ0) is 18.8. The fourth-order valence-corrected chi connectivity index (χ4v) is 2.27. The van der Waals surface area contributed by atoms with Crippen molar-refractivity contribution in [3.8, 4) is 11.5 Å². The van der Waals surface area contributed by atoms with Crippen LogP contribution >= 0.6 is 0 Å². The molecule has 2 aromatic rings. The minimum Gasteiger partial charge on any atom is -0.497 e. The molecule has 0 aliphatic rings. The number of methoxy groups -OCH3 is 1. The lowest BCUT2D eigenvalue weighted by Gasteiger charge is -2.10. The molecule has 2 rings (SSSR count). The maximum atomic E-state index is 12.0. The standard InChI is InChI=1S/C21H28N2O3/c1-16(2)12-13-26-20-10-6-18(7-11-20)22-15-21(24)23-14-17-4-8-19(25-3)9-5-17/h4-11,16,22H,12-15H2,1-3H3,(H,23,24). The van der Waals surface area contributed by atoms with Crippen LogP contribution in [-0.4, -0.2) is 26.2 Å². The molecule has 1 amide bonds. The molecule has 0 saturated carbocycles. The molecule has 0 heterocycles. The number of nitrogens with one attached hydrogen (secondary N) is 2. The van der Waals surface area contributed by atoms with Gasteiger partial charge in [-0.15, -0.1) is 0 Å². The van der Waals surface area contributed by atoms with Crippen molar-refractivity contribution in [2.24, 2.45) is 5.92 Å². The number of rotatable bonds is 10. The average molecular weight is 356 g/mol. The van der Waals surface area contributed by atoms with Gasteiger partial charge in [0.15, 0.2) is 0 Å². The molecule has 0 spiro atoms. The topological polar surface area (TPSA) is 59.6 Å². The van der Waals surface area contributed by atoms with E-state index < -0.39 is 0 Å². The second-order valence-electron chi connectivity index (χ2n) is 6.53. The van der Waals surface area contributed by atoms with Crippen LogP contribution in [0, 0.1) is 5.92 Å². The van der Waals surface area contributed by atoms with Gasteiger partial charge in [0.2, 0.25) is 5.91 Å². The number of hydrogen-bond donors (Lipinski definition) is 2. The number of carbonyl (C=O) groups excluding carboxylic acids is 1. The largest absolute Gasteiger partial charge is 0.497 e. The van der Waals surface area contributed by atoms with Crippen LogP contribution in [0.15, 0.2) is 48.5 Å². The average Bonchev–Trinajstić information content (AvgIpc) is 2.66. The maximum absolute atomic E-state index is 12.0. The summed E-state index contributed by atoms with van der Waals surface area (Å²) >= 11 is 0. The van der Waals surface area contributed by atoms with Gasteiger partial charge in [0, 0.05) is 12.2 Å². The zero-order valence-electron chi connectivity index (χ0n) is 15.7. The molecule has 5 heteroatoms. The minimum absolute atomic E-state index is 0.0573. The lowest BCUT2D eigenvalue weighted by Crippen LogP contribution is -2.29. The molecule has 2 aromatic carbocycles. The smallest absolute Gasteiger partial charge is 0.239 e. The molecule has 0 aliphatic carbocycles. The molecule has 26 heavy (non-hydrogen) atoms. The monoisotopic (exact) mass is 356 g/mol. The van der Waals surface area contributed by atoms with Crippen LogP contribution in [0.5, 0.6) is 11.5 Å². The van der Waals surface area contributed by atoms with Gasteiger partial charge >= 0.3 is 0 Å². The van der Waals surface area contributed by atoms with Crippen LogP contribution in [0.25, 0.3) is 0 Å². The summed E-state index contributed by atoms with van der Waals surface area (Å²) in [5.74, 6) is 2.23. The Kier molecular flexibility index (Phi) is 7.80. The lowest BCUT2D eigenvalue weighted by atomic mass is 10.1. The summed E-state index contributed by atoms with van der Waals surface area (Å²) < 4.78 is 10.8. The Morgan fingerprint density at radius 1 is 1.00 bits per heavy atom. The third kappa shape index (κ3) is 7.05. The maximum Gasteiger partial charge on any atom is 0.239 e. The van der Waals surface area contributed by atoms with Gasteiger partial charge in [-0.25, -0.2) is 0 Å². The third-order valence-electron chi connectivity index (χ3n) is 3.92. The van der Waals surface area contributed by atoms with Crippen molar-refractivity contribution in [1.29, 1.82) is 0 Å². The van der Waals surface area contributed by atoms with Gasteiger partial charge in [0.1, 0.15) is 11.5 Å². The number of ether oxygens (including phenoxy) is 2. The van der Waals surface area contributed by atoms with Crippen LogP contribution in [-0.2, 0) is 11.3 Å². The molecule has 0 aliphatic heterocycles. The SMILES string of the molecule is COc1ccc(CNC(=O)CNc2ccc(OCCC(C)C)cc2)cc1. The van der Waals surface area contributed by atoms with Crippen LogP contribution < -0.4 is 20.1 Å². The molecule has 0 saturated heterocycles. The fraction of sp³-hybridized carbons (Fsp3) is 0.381. The third-order valence-corrected chi connectivity index (χ3v) is 3.92. The van der Waals surface area contributed by atoms with Crippen LogP contribution in [0.2, 0.25) is 0 Å². The number of hydrogen-bond acceptors (Lipinski definition) is 4. The fourth-order valence-electron chi connectivity index (χ4n) is 2.27. The van der Waals surface area contributed by atoms with Crippen molar-refractivity contribution in [3.63, 3.8) is 0 Å². The van der Waals surface area contributed by atoms with E-state index in [-0.39, 0.29) is 12.5 Å². The molecule has 0 radical (unpaired) electrons. The normalized spacial score (nSPS) is 10.5. The molecular weight excluding hydrogens is 328 g/mol. The molecule has 0 unspecified atom stereocenters. The van der Waals surface area contributed by atoms with E-state index in [4.69, 9.17) is 9.47 Å². The van der Waals surface area contributed by atoms with Crippen molar-refractivity contribution in [1.82, 2.24) is 5.32 Å². The summed E-state index contributed by atoms with van der Waals surface area (Å²) in [7, 11) is 1.63. The van der Waals surface area contributed by atoms with Crippen molar-refractivity contribution in [2.75, 3.05) is 25.6 Å². The Hall–Kier alpha value is -2.69. The summed E-state index contributed by atoms with van der Waals surface area (Å²) in [4.78, 5) is 12.0. The van der Waals surface area contributed by atoms with Crippen molar-refractivity contribution in [3.05, 3.63) is 54.1 Å². The Balaban J connectivity index is 1.69. The van der Waals surface area contributed by atoms with E-state index in [2.05, 4.69) is 24.5 Å². The van der Waals surface area contributed by atoms with E-state index in [0.29, 0.717) is 12.5 Å². The Morgan fingerprint density at radius 2 is 1.65 bits per heavy atom. The summed E-state index contributed by atoms with van der Waals surface area (Å²) in [6.07, 6.45) is 1.04. The van der Waals surface area contributed by atoms with Gasteiger partial charge in [0.25, 0.3) is 0 Å². The second-order valence-corrected chi connectivity index (χ2v) is 6.53. The molecule has 5 nitrogen and oxygen atoms in total. The minimum atomic E-state index is -0.0573. The first-order chi connectivity index (χ1) is 12.6. The predicted molar refractivity (Wildman–Crippen MR) is 105 cm³/mol. The molecular formula is C21H28N2O3. The molecule has 0 atom stereocenters. The summed E-state index contributed by atoms with van der Waals surface area (Å²) in [6.45, 7) is 5.79. The lowest BCUT2D eigenvalue weighted by molar-refractivity contribution is -0.119. The molecule has 0 aromatic heterocycles. The first-order valence-electron chi connectivity index (χ1n) is 8.93. The molecule has 0 fully saturated rings. The van der Waals surface area contributed by atoms with Gasteiger partial charge in [-0.3, -0.25) is 4.79 Å². The Labute approximate surface area is 155 Å².